The van der Waals surface area contributed by atoms with Crippen molar-refractivity contribution in [3.63, 3.8) is 0 Å². The van der Waals surface area contributed by atoms with E-state index in [0.29, 0.717) is 17.3 Å². The Morgan fingerprint density at radius 1 is 1.39 bits per heavy atom. The molecule has 6 nitrogen and oxygen atoms in total. The number of hydrogen-bond donors (Lipinski definition) is 1. The first-order valence-electron chi connectivity index (χ1n) is 7.58. The molecule has 1 atom stereocenters. The molecule has 1 fully saturated rings. The van der Waals surface area contributed by atoms with Gasteiger partial charge in [0.25, 0.3) is 5.91 Å². The SMILES string of the molecule is CC(C)(O)C1CCCN1C(=O)c1cn(-c2ccccc2Cl)nn1. The van der Waals surface area contributed by atoms with E-state index in [1.807, 2.05) is 12.1 Å². The lowest BCUT2D eigenvalue weighted by atomic mass is 9.96. The Labute approximate surface area is 139 Å². The van der Waals surface area contributed by atoms with Gasteiger partial charge in [0.15, 0.2) is 5.69 Å². The lowest BCUT2D eigenvalue weighted by Gasteiger charge is -2.33. The minimum absolute atomic E-state index is 0.208. The summed E-state index contributed by atoms with van der Waals surface area (Å²) in [7, 11) is 0. The Bertz CT molecular complexity index is 723. The molecule has 0 bridgehead atoms. The second kappa shape index (κ2) is 5.94. The van der Waals surface area contributed by atoms with Crippen molar-refractivity contribution in [2.45, 2.75) is 38.3 Å². The summed E-state index contributed by atoms with van der Waals surface area (Å²) >= 11 is 6.14. The second-order valence-corrected chi connectivity index (χ2v) is 6.72. The molecule has 1 N–H and O–H groups in total. The molecule has 0 spiro atoms. The van der Waals surface area contributed by atoms with Crippen molar-refractivity contribution in [3.05, 3.63) is 41.2 Å². The molecule has 1 aromatic heterocycles. The van der Waals surface area contributed by atoms with Crippen LogP contribution in [0.15, 0.2) is 30.5 Å². The van der Waals surface area contributed by atoms with Crippen LogP contribution >= 0.6 is 11.6 Å². The predicted molar refractivity (Wildman–Crippen MR) is 86.7 cm³/mol. The third kappa shape index (κ3) is 3.09. The molecule has 0 radical (unpaired) electrons. The molecule has 0 saturated carbocycles. The van der Waals surface area contributed by atoms with Crippen molar-refractivity contribution in [2.24, 2.45) is 0 Å². The number of carbonyl (C=O) groups is 1. The number of rotatable bonds is 3. The van der Waals surface area contributed by atoms with Gasteiger partial charge in [0.2, 0.25) is 0 Å². The van der Waals surface area contributed by atoms with Crippen LogP contribution in [0.1, 0.15) is 37.2 Å². The van der Waals surface area contributed by atoms with Gasteiger partial charge in [0.05, 0.1) is 28.5 Å². The van der Waals surface area contributed by atoms with Crippen LogP contribution in [0.4, 0.5) is 0 Å². The number of para-hydroxylation sites is 1. The maximum absolute atomic E-state index is 12.7. The number of aliphatic hydroxyl groups is 1. The van der Waals surface area contributed by atoms with E-state index in [1.165, 1.54) is 4.68 Å². The summed E-state index contributed by atoms with van der Waals surface area (Å²) in [6.45, 7) is 4.07. The number of benzene rings is 1. The van der Waals surface area contributed by atoms with Crippen molar-refractivity contribution in [1.29, 1.82) is 0 Å². The molecule has 1 aliphatic heterocycles. The Hall–Kier alpha value is -1.92. The van der Waals surface area contributed by atoms with Gasteiger partial charge in [-0.2, -0.15) is 0 Å². The third-order valence-electron chi connectivity index (χ3n) is 4.14. The molecule has 3 rings (SSSR count). The molecular weight excluding hydrogens is 316 g/mol. The fraction of sp³-hybridized carbons (Fsp3) is 0.438. The van der Waals surface area contributed by atoms with Crippen molar-refractivity contribution >= 4 is 17.5 Å². The van der Waals surface area contributed by atoms with Crippen LogP contribution in [0.25, 0.3) is 5.69 Å². The second-order valence-electron chi connectivity index (χ2n) is 6.31. The molecule has 2 heterocycles. The molecule has 1 unspecified atom stereocenters. The van der Waals surface area contributed by atoms with Gasteiger partial charge < -0.3 is 10.0 Å². The molecule has 1 aromatic carbocycles. The van der Waals surface area contributed by atoms with E-state index in [9.17, 15) is 9.90 Å². The largest absolute Gasteiger partial charge is 0.388 e. The van der Waals surface area contributed by atoms with Crippen LogP contribution in [0.5, 0.6) is 0 Å². The first-order valence-corrected chi connectivity index (χ1v) is 7.96. The number of amides is 1. The molecule has 1 aliphatic rings. The molecule has 1 amide bonds. The summed E-state index contributed by atoms with van der Waals surface area (Å²) < 4.78 is 1.49. The summed E-state index contributed by atoms with van der Waals surface area (Å²) in [5.74, 6) is -0.215. The number of carbonyl (C=O) groups excluding carboxylic acids is 1. The highest BCUT2D eigenvalue weighted by Gasteiger charge is 2.39. The lowest BCUT2D eigenvalue weighted by Crippen LogP contribution is -2.48. The number of nitrogens with zero attached hydrogens (tertiary/aromatic N) is 4. The molecular formula is C16H19ClN4O2. The van der Waals surface area contributed by atoms with E-state index in [0.717, 1.165) is 12.8 Å². The number of likely N-dealkylation sites (tertiary alicyclic amines) is 1. The topological polar surface area (TPSA) is 71.2 Å². The van der Waals surface area contributed by atoms with Crippen LogP contribution in [0.2, 0.25) is 5.02 Å². The van der Waals surface area contributed by atoms with Gasteiger partial charge in [0.1, 0.15) is 0 Å². The molecule has 2 aromatic rings. The Kier molecular flexibility index (Phi) is 4.12. The Morgan fingerprint density at radius 2 is 2.13 bits per heavy atom. The van der Waals surface area contributed by atoms with E-state index < -0.39 is 5.60 Å². The van der Waals surface area contributed by atoms with E-state index >= 15 is 0 Å². The lowest BCUT2D eigenvalue weighted by molar-refractivity contribution is 0.000114. The zero-order valence-electron chi connectivity index (χ0n) is 13.1. The van der Waals surface area contributed by atoms with Gasteiger partial charge in [-0.05, 0) is 38.8 Å². The fourth-order valence-corrected chi connectivity index (χ4v) is 3.23. The highest BCUT2D eigenvalue weighted by Crippen LogP contribution is 2.28. The smallest absolute Gasteiger partial charge is 0.276 e. The number of aromatic nitrogens is 3. The first-order chi connectivity index (χ1) is 10.9. The van der Waals surface area contributed by atoms with Gasteiger partial charge in [0, 0.05) is 6.54 Å². The Morgan fingerprint density at radius 3 is 2.83 bits per heavy atom. The Balaban J connectivity index is 1.86. The summed E-state index contributed by atoms with van der Waals surface area (Å²) in [6.07, 6.45) is 3.23. The van der Waals surface area contributed by atoms with Crippen molar-refractivity contribution in [3.8, 4) is 5.69 Å². The maximum Gasteiger partial charge on any atom is 0.276 e. The minimum atomic E-state index is -0.940. The maximum atomic E-state index is 12.7. The number of halogens is 1. The molecule has 7 heteroatoms. The average molecular weight is 335 g/mol. The van der Waals surface area contributed by atoms with Gasteiger partial charge in [-0.3, -0.25) is 4.79 Å². The van der Waals surface area contributed by atoms with E-state index in [4.69, 9.17) is 11.6 Å². The van der Waals surface area contributed by atoms with Gasteiger partial charge in [-0.1, -0.05) is 28.9 Å². The van der Waals surface area contributed by atoms with E-state index in [1.54, 1.807) is 37.1 Å². The monoisotopic (exact) mass is 334 g/mol. The highest BCUT2D eigenvalue weighted by molar-refractivity contribution is 6.32. The summed E-state index contributed by atoms with van der Waals surface area (Å²) in [6, 6.07) is 7.02. The number of hydrogen-bond acceptors (Lipinski definition) is 4. The van der Waals surface area contributed by atoms with Crippen LogP contribution in [0.3, 0.4) is 0 Å². The quantitative estimate of drug-likeness (QED) is 0.935. The van der Waals surface area contributed by atoms with Gasteiger partial charge >= 0.3 is 0 Å². The standard InChI is InChI=1S/C16H19ClN4O2/c1-16(2,23)14-8-5-9-20(14)15(22)12-10-21(19-18-12)13-7-4-3-6-11(13)17/h3-4,6-7,10,14,23H,5,8-9H2,1-2H3. The predicted octanol–water partition coefficient (Wildman–Crippen LogP) is 2.30. The van der Waals surface area contributed by atoms with Gasteiger partial charge in [-0.25, -0.2) is 4.68 Å². The van der Waals surface area contributed by atoms with Crippen molar-refractivity contribution in [1.82, 2.24) is 19.9 Å². The van der Waals surface area contributed by atoms with Crippen LogP contribution in [0, 0.1) is 0 Å². The molecule has 0 aliphatic carbocycles. The highest BCUT2D eigenvalue weighted by atomic mass is 35.5. The fourth-order valence-electron chi connectivity index (χ4n) is 3.01. The summed E-state index contributed by atoms with van der Waals surface area (Å²) in [5, 5.41) is 18.8. The molecule has 122 valence electrons. The molecule has 23 heavy (non-hydrogen) atoms. The van der Waals surface area contributed by atoms with Crippen LogP contribution in [-0.4, -0.2) is 49.1 Å². The van der Waals surface area contributed by atoms with E-state index in [-0.39, 0.29) is 17.6 Å². The normalized spacial score (nSPS) is 18.4. The summed E-state index contributed by atoms with van der Waals surface area (Å²) in [4.78, 5) is 14.4. The van der Waals surface area contributed by atoms with Crippen molar-refractivity contribution < 1.29 is 9.90 Å². The average Bonchev–Trinajstić information content (AvgIpc) is 3.16. The van der Waals surface area contributed by atoms with Crippen molar-refractivity contribution in [2.75, 3.05) is 6.54 Å². The van der Waals surface area contributed by atoms with Crippen LogP contribution < -0.4 is 0 Å². The minimum Gasteiger partial charge on any atom is -0.388 e. The zero-order valence-corrected chi connectivity index (χ0v) is 13.9. The third-order valence-corrected chi connectivity index (χ3v) is 4.46. The van der Waals surface area contributed by atoms with Gasteiger partial charge in [-0.15, -0.1) is 5.10 Å². The van der Waals surface area contributed by atoms with E-state index in [2.05, 4.69) is 10.3 Å². The summed E-state index contributed by atoms with van der Waals surface area (Å²) in [5.41, 5.74) is -0.0208. The first kappa shape index (κ1) is 16.0. The zero-order chi connectivity index (χ0) is 16.6. The molecule has 1 saturated heterocycles. The van der Waals surface area contributed by atoms with Crippen LogP contribution in [-0.2, 0) is 0 Å².